The van der Waals surface area contributed by atoms with Gasteiger partial charge in [-0.25, -0.2) is 12.8 Å². The Balaban J connectivity index is 2.44. The largest absolute Gasteiger partial charge is 0.398 e. The van der Waals surface area contributed by atoms with Crippen LogP contribution in [0, 0.1) is 11.7 Å². The van der Waals surface area contributed by atoms with Crippen molar-refractivity contribution in [1.29, 1.82) is 0 Å². The van der Waals surface area contributed by atoms with Gasteiger partial charge in [0.25, 0.3) is 0 Å². The molecule has 2 rings (SSSR count). The summed E-state index contributed by atoms with van der Waals surface area (Å²) in [6.45, 7) is 4.35. The Labute approximate surface area is 113 Å². The molecule has 1 aromatic rings. The summed E-state index contributed by atoms with van der Waals surface area (Å²) in [4.78, 5) is -0.131. The van der Waals surface area contributed by atoms with Crippen LogP contribution in [0.15, 0.2) is 23.1 Å². The molecule has 0 spiro atoms. The third-order valence-corrected chi connectivity index (χ3v) is 5.66. The summed E-state index contributed by atoms with van der Waals surface area (Å²) in [5.74, 6) is -0.286. The zero-order valence-corrected chi connectivity index (χ0v) is 12.0. The van der Waals surface area contributed by atoms with Crippen LogP contribution in [-0.4, -0.2) is 25.3 Å². The molecule has 19 heavy (non-hydrogen) atoms. The van der Waals surface area contributed by atoms with Crippen molar-refractivity contribution < 1.29 is 12.8 Å². The van der Waals surface area contributed by atoms with Gasteiger partial charge in [0, 0.05) is 12.6 Å². The molecule has 1 heterocycles. The van der Waals surface area contributed by atoms with E-state index in [9.17, 15) is 12.8 Å². The minimum Gasteiger partial charge on any atom is -0.398 e. The average molecular weight is 286 g/mol. The van der Waals surface area contributed by atoms with Crippen LogP contribution < -0.4 is 5.73 Å². The van der Waals surface area contributed by atoms with E-state index in [0.29, 0.717) is 12.5 Å². The van der Waals surface area contributed by atoms with E-state index in [1.807, 2.05) is 13.8 Å². The van der Waals surface area contributed by atoms with Gasteiger partial charge >= 0.3 is 0 Å². The van der Waals surface area contributed by atoms with E-state index >= 15 is 0 Å². The fourth-order valence-corrected chi connectivity index (χ4v) is 4.35. The number of rotatable bonds is 2. The molecule has 1 aromatic carbocycles. The van der Waals surface area contributed by atoms with E-state index < -0.39 is 15.8 Å². The van der Waals surface area contributed by atoms with Crippen molar-refractivity contribution in [2.24, 2.45) is 5.92 Å². The summed E-state index contributed by atoms with van der Waals surface area (Å²) in [5.41, 5.74) is 5.78. The van der Waals surface area contributed by atoms with Crippen molar-refractivity contribution in [3.05, 3.63) is 24.0 Å². The first-order valence-corrected chi connectivity index (χ1v) is 7.83. The molecule has 2 N–H and O–H groups in total. The van der Waals surface area contributed by atoms with Crippen molar-refractivity contribution in [2.75, 3.05) is 12.3 Å². The van der Waals surface area contributed by atoms with Gasteiger partial charge < -0.3 is 5.73 Å². The number of nitrogens with two attached hydrogens (primary N) is 1. The second kappa shape index (κ2) is 5.09. The number of sulfonamides is 1. The van der Waals surface area contributed by atoms with Crippen molar-refractivity contribution >= 4 is 15.7 Å². The molecule has 0 aliphatic carbocycles. The average Bonchev–Trinajstić information content (AvgIpc) is 2.35. The Morgan fingerprint density at radius 3 is 2.68 bits per heavy atom. The molecule has 0 radical (unpaired) electrons. The third-order valence-electron chi connectivity index (χ3n) is 3.62. The van der Waals surface area contributed by atoms with Crippen LogP contribution in [0.5, 0.6) is 0 Å². The van der Waals surface area contributed by atoms with Crippen LogP contribution >= 0.6 is 0 Å². The first kappa shape index (κ1) is 14.3. The zero-order valence-electron chi connectivity index (χ0n) is 11.1. The van der Waals surface area contributed by atoms with Gasteiger partial charge in [-0.05, 0) is 43.9 Å². The quantitative estimate of drug-likeness (QED) is 0.848. The Kier molecular flexibility index (Phi) is 3.82. The Hall–Kier alpha value is -1.14. The number of hydrogen-bond donors (Lipinski definition) is 1. The lowest BCUT2D eigenvalue weighted by Gasteiger charge is -2.35. The van der Waals surface area contributed by atoms with Gasteiger partial charge in [-0.2, -0.15) is 4.31 Å². The Morgan fingerprint density at radius 1 is 1.32 bits per heavy atom. The first-order chi connectivity index (χ1) is 8.82. The lowest BCUT2D eigenvalue weighted by Crippen LogP contribution is -2.45. The number of benzene rings is 1. The summed E-state index contributed by atoms with van der Waals surface area (Å²) in [5, 5.41) is 0. The standard InChI is InChI=1S/C13H19FN2O2S/c1-9-3-4-10(2)16(8-9)19(17,18)13-7-11(14)5-6-12(13)15/h5-7,9-10H,3-4,8,15H2,1-2H3. The molecular formula is C13H19FN2O2S. The fourth-order valence-electron chi connectivity index (χ4n) is 2.44. The van der Waals surface area contributed by atoms with Gasteiger partial charge in [0.1, 0.15) is 10.7 Å². The van der Waals surface area contributed by atoms with Crippen LogP contribution in [0.4, 0.5) is 10.1 Å². The molecule has 0 aromatic heterocycles. The molecule has 0 bridgehead atoms. The molecule has 2 atom stereocenters. The Bertz CT molecular complexity index is 574. The monoisotopic (exact) mass is 286 g/mol. The molecular weight excluding hydrogens is 267 g/mol. The first-order valence-electron chi connectivity index (χ1n) is 6.39. The van der Waals surface area contributed by atoms with Crippen molar-refractivity contribution in [2.45, 2.75) is 37.6 Å². The summed E-state index contributed by atoms with van der Waals surface area (Å²) >= 11 is 0. The zero-order chi connectivity index (χ0) is 14.2. The summed E-state index contributed by atoms with van der Waals surface area (Å²) in [6.07, 6.45) is 1.82. The minimum atomic E-state index is -3.73. The second-order valence-corrected chi connectivity index (χ2v) is 7.15. The lowest BCUT2D eigenvalue weighted by molar-refractivity contribution is 0.218. The third kappa shape index (κ3) is 2.74. The summed E-state index contributed by atoms with van der Waals surface area (Å²) in [6, 6.07) is 3.37. The molecule has 106 valence electrons. The molecule has 6 heteroatoms. The predicted octanol–water partition coefficient (Wildman–Crippen LogP) is 2.22. The second-order valence-electron chi connectivity index (χ2n) is 5.29. The van der Waals surface area contributed by atoms with Crippen LogP contribution in [0.3, 0.4) is 0 Å². The number of nitrogens with zero attached hydrogens (tertiary/aromatic N) is 1. The fraction of sp³-hybridized carbons (Fsp3) is 0.538. The maximum Gasteiger partial charge on any atom is 0.245 e. The highest BCUT2D eigenvalue weighted by molar-refractivity contribution is 7.89. The molecule has 0 saturated carbocycles. The molecule has 1 aliphatic heterocycles. The van der Waals surface area contributed by atoms with Gasteiger partial charge in [0.2, 0.25) is 10.0 Å². The van der Waals surface area contributed by atoms with Gasteiger partial charge in [0.05, 0.1) is 5.69 Å². The summed E-state index contributed by atoms with van der Waals surface area (Å²) < 4.78 is 39.9. The highest BCUT2D eigenvalue weighted by Crippen LogP contribution is 2.30. The van der Waals surface area contributed by atoms with E-state index in [0.717, 1.165) is 25.0 Å². The van der Waals surface area contributed by atoms with Crippen LogP contribution in [0.1, 0.15) is 26.7 Å². The van der Waals surface area contributed by atoms with Crippen molar-refractivity contribution in [1.82, 2.24) is 4.31 Å². The molecule has 2 unspecified atom stereocenters. The highest BCUT2D eigenvalue weighted by Gasteiger charge is 2.34. The molecule has 4 nitrogen and oxygen atoms in total. The van der Waals surface area contributed by atoms with Gasteiger partial charge in [-0.1, -0.05) is 6.92 Å². The van der Waals surface area contributed by atoms with E-state index in [1.165, 1.54) is 10.4 Å². The van der Waals surface area contributed by atoms with Crippen molar-refractivity contribution in [3.63, 3.8) is 0 Å². The van der Waals surface area contributed by atoms with Crippen LogP contribution in [0.2, 0.25) is 0 Å². The lowest BCUT2D eigenvalue weighted by atomic mass is 9.97. The normalized spacial score (nSPS) is 25.4. The van der Waals surface area contributed by atoms with Crippen LogP contribution in [-0.2, 0) is 10.0 Å². The van der Waals surface area contributed by atoms with E-state index in [4.69, 9.17) is 5.73 Å². The van der Waals surface area contributed by atoms with Gasteiger partial charge in [-0.15, -0.1) is 0 Å². The SMILES string of the molecule is CC1CCC(C)N(S(=O)(=O)c2cc(F)ccc2N)C1. The molecule has 1 saturated heterocycles. The van der Waals surface area contributed by atoms with E-state index in [-0.39, 0.29) is 16.6 Å². The number of hydrogen-bond acceptors (Lipinski definition) is 3. The van der Waals surface area contributed by atoms with Crippen molar-refractivity contribution in [3.8, 4) is 0 Å². The van der Waals surface area contributed by atoms with Gasteiger partial charge in [0.15, 0.2) is 0 Å². The van der Waals surface area contributed by atoms with E-state index in [1.54, 1.807) is 0 Å². The maximum atomic E-state index is 13.3. The maximum absolute atomic E-state index is 13.3. The molecule has 0 amide bonds. The van der Waals surface area contributed by atoms with E-state index in [2.05, 4.69) is 0 Å². The number of piperidine rings is 1. The summed E-state index contributed by atoms with van der Waals surface area (Å²) in [7, 11) is -3.73. The number of anilines is 1. The van der Waals surface area contributed by atoms with Crippen LogP contribution in [0.25, 0.3) is 0 Å². The Morgan fingerprint density at radius 2 is 2.00 bits per heavy atom. The smallest absolute Gasteiger partial charge is 0.245 e. The van der Waals surface area contributed by atoms with Gasteiger partial charge in [-0.3, -0.25) is 0 Å². The highest BCUT2D eigenvalue weighted by atomic mass is 32.2. The topological polar surface area (TPSA) is 63.4 Å². The number of nitrogen functional groups attached to an aromatic ring is 1. The molecule has 1 fully saturated rings. The minimum absolute atomic E-state index is 0.0798. The number of halogens is 1. The predicted molar refractivity (Wildman–Crippen MR) is 72.6 cm³/mol. The molecule has 1 aliphatic rings.